The van der Waals surface area contributed by atoms with Gasteiger partial charge in [-0.05, 0) is 32.9 Å². The highest BCUT2D eigenvalue weighted by molar-refractivity contribution is 5.95. The van der Waals surface area contributed by atoms with E-state index in [2.05, 4.69) is 20.5 Å². The summed E-state index contributed by atoms with van der Waals surface area (Å²) in [7, 11) is 0. The van der Waals surface area contributed by atoms with E-state index in [9.17, 15) is 14.4 Å². The fourth-order valence-electron chi connectivity index (χ4n) is 2.92. The molecule has 0 fully saturated rings. The molecule has 0 unspecified atom stereocenters. The molecule has 0 aliphatic heterocycles. The van der Waals surface area contributed by atoms with Crippen LogP contribution in [0.5, 0.6) is 0 Å². The number of imidazole rings is 1. The van der Waals surface area contributed by atoms with E-state index in [0.29, 0.717) is 29.0 Å². The third kappa shape index (κ3) is 3.48. The van der Waals surface area contributed by atoms with Crippen LogP contribution in [0.25, 0.3) is 11.2 Å². The average molecular weight is 383 g/mol. The van der Waals surface area contributed by atoms with E-state index in [0.717, 1.165) is 0 Å². The summed E-state index contributed by atoms with van der Waals surface area (Å²) in [5.41, 5.74) is 3.40. The molecule has 0 radical (unpaired) electrons. The quantitative estimate of drug-likeness (QED) is 0.494. The lowest BCUT2D eigenvalue weighted by Gasteiger charge is -2.10. The fraction of sp³-hybridized carbons (Fsp3) is 0.333. The monoisotopic (exact) mass is 383 g/mol. The third-order valence-electron chi connectivity index (χ3n) is 4.31. The maximum Gasteiger partial charge on any atom is 0.332 e. The van der Waals surface area contributed by atoms with Crippen molar-refractivity contribution in [3.8, 4) is 0 Å². The second kappa shape index (κ2) is 7.99. The number of nitrogens with one attached hydrogen (secondary N) is 1. The minimum Gasteiger partial charge on any atom is -0.319 e. The van der Waals surface area contributed by atoms with E-state index in [1.54, 1.807) is 30.5 Å². The van der Waals surface area contributed by atoms with Crippen molar-refractivity contribution in [2.75, 3.05) is 0 Å². The zero-order chi connectivity index (χ0) is 20.3. The Bertz CT molecular complexity index is 1160. The van der Waals surface area contributed by atoms with E-state index in [1.165, 1.54) is 27.9 Å². The Morgan fingerprint density at radius 2 is 1.82 bits per heavy atom. The number of nitrogens with zero attached hydrogens (tertiary/aromatic N) is 6. The molecule has 0 saturated carbocycles. The first kappa shape index (κ1) is 19.2. The number of amides is 1. The van der Waals surface area contributed by atoms with E-state index in [1.807, 2.05) is 6.92 Å². The molecule has 3 aromatic rings. The van der Waals surface area contributed by atoms with Crippen LogP contribution in [0.2, 0.25) is 0 Å². The van der Waals surface area contributed by atoms with Crippen LogP contribution >= 0.6 is 0 Å². The lowest BCUT2D eigenvalue weighted by molar-refractivity contribution is 0.0954. The van der Waals surface area contributed by atoms with Crippen LogP contribution in [0, 0.1) is 0 Å². The molecule has 0 aliphatic rings. The molecule has 0 spiro atoms. The molecule has 0 bridgehead atoms. The number of pyridine rings is 1. The van der Waals surface area contributed by atoms with E-state index < -0.39 is 5.56 Å². The molecule has 1 amide bonds. The first-order chi connectivity index (χ1) is 13.5. The van der Waals surface area contributed by atoms with Crippen molar-refractivity contribution in [3.63, 3.8) is 0 Å². The van der Waals surface area contributed by atoms with Crippen molar-refractivity contribution in [1.82, 2.24) is 29.1 Å². The summed E-state index contributed by atoms with van der Waals surface area (Å²) < 4.78 is 4.28. The van der Waals surface area contributed by atoms with Crippen molar-refractivity contribution >= 4 is 22.8 Å². The summed E-state index contributed by atoms with van der Waals surface area (Å²) in [5.74, 6) is -0.356. The van der Waals surface area contributed by atoms with Crippen molar-refractivity contribution in [3.05, 3.63) is 57.3 Å². The number of aromatic nitrogens is 5. The van der Waals surface area contributed by atoms with Gasteiger partial charge in [-0.1, -0.05) is 0 Å². The second-order valence-corrected chi connectivity index (χ2v) is 6.14. The number of hydrogen-bond acceptors (Lipinski definition) is 6. The molecule has 0 aliphatic carbocycles. The molecule has 3 aromatic heterocycles. The van der Waals surface area contributed by atoms with Crippen molar-refractivity contribution in [2.24, 2.45) is 5.10 Å². The van der Waals surface area contributed by atoms with Gasteiger partial charge >= 0.3 is 5.69 Å². The highest BCUT2D eigenvalue weighted by Gasteiger charge is 2.16. The first-order valence-electron chi connectivity index (χ1n) is 8.89. The maximum atomic E-state index is 12.7. The molecule has 10 nitrogen and oxygen atoms in total. The Morgan fingerprint density at radius 3 is 2.46 bits per heavy atom. The van der Waals surface area contributed by atoms with Gasteiger partial charge in [-0.15, -0.1) is 0 Å². The number of rotatable bonds is 6. The van der Waals surface area contributed by atoms with Crippen LogP contribution < -0.4 is 16.7 Å². The highest BCUT2D eigenvalue weighted by atomic mass is 16.2. The Labute approximate surface area is 160 Å². The van der Waals surface area contributed by atoms with Gasteiger partial charge in [0.2, 0.25) is 0 Å². The zero-order valence-corrected chi connectivity index (χ0v) is 15.9. The van der Waals surface area contributed by atoms with Gasteiger partial charge in [0.1, 0.15) is 0 Å². The Kier molecular flexibility index (Phi) is 5.48. The van der Waals surface area contributed by atoms with E-state index in [4.69, 9.17) is 0 Å². The summed E-state index contributed by atoms with van der Waals surface area (Å²) in [5, 5.41) is 4.09. The zero-order valence-electron chi connectivity index (χ0n) is 15.9. The van der Waals surface area contributed by atoms with Crippen LogP contribution in [0.15, 0.2) is 45.5 Å². The van der Waals surface area contributed by atoms with Gasteiger partial charge in [-0.25, -0.2) is 15.2 Å². The number of carbonyl (C=O) groups is 1. The molecule has 146 valence electrons. The molecule has 3 heterocycles. The smallest absolute Gasteiger partial charge is 0.319 e. The molecule has 10 heteroatoms. The second-order valence-electron chi connectivity index (χ2n) is 6.14. The van der Waals surface area contributed by atoms with Gasteiger partial charge in [-0.2, -0.15) is 5.10 Å². The molecule has 28 heavy (non-hydrogen) atoms. The van der Waals surface area contributed by atoms with Gasteiger partial charge in [-0.3, -0.25) is 23.7 Å². The summed E-state index contributed by atoms with van der Waals surface area (Å²) >= 11 is 0. The Morgan fingerprint density at radius 1 is 1.14 bits per heavy atom. The van der Waals surface area contributed by atoms with Crippen molar-refractivity contribution in [1.29, 1.82) is 0 Å². The number of hydrogen-bond donors (Lipinski definition) is 1. The van der Waals surface area contributed by atoms with Gasteiger partial charge in [0.05, 0.1) is 18.6 Å². The molecular weight excluding hydrogens is 362 g/mol. The first-order valence-corrected chi connectivity index (χ1v) is 8.89. The third-order valence-corrected chi connectivity index (χ3v) is 4.31. The average Bonchev–Trinajstić information content (AvgIpc) is 3.11. The number of hydrazone groups is 1. The van der Waals surface area contributed by atoms with Gasteiger partial charge in [0.25, 0.3) is 11.5 Å². The normalized spacial score (nSPS) is 11.8. The van der Waals surface area contributed by atoms with E-state index in [-0.39, 0.29) is 24.7 Å². The largest absolute Gasteiger partial charge is 0.332 e. The molecule has 0 aromatic carbocycles. The van der Waals surface area contributed by atoms with Crippen LogP contribution in [0.4, 0.5) is 0 Å². The fourth-order valence-corrected chi connectivity index (χ4v) is 2.92. The summed E-state index contributed by atoms with van der Waals surface area (Å²) in [6.45, 7) is 6.22. The lowest BCUT2D eigenvalue weighted by atomic mass is 10.3. The molecule has 0 saturated heterocycles. The van der Waals surface area contributed by atoms with Gasteiger partial charge in [0.15, 0.2) is 11.2 Å². The predicted octanol–water partition coefficient (Wildman–Crippen LogP) is 0.600. The van der Waals surface area contributed by atoms with Gasteiger partial charge < -0.3 is 4.57 Å². The maximum absolute atomic E-state index is 12.7. The number of aryl methyl sites for hydroxylation is 1. The summed E-state index contributed by atoms with van der Waals surface area (Å²) in [4.78, 5) is 45.3. The summed E-state index contributed by atoms with van der Waals surface area (Å²) in [6, 6.07) is 3.17. The SMILES string of the molecule is CCn1c(=O)c2c(ncn2C/C(C)=N/NC(=O)c2ccncc2)n(CC)c1=O. The van der Waals surface area contributed by atoms with Crippen LogP contribution in [-0.2, 0) is 19.6 Å². The number of carbonyl (C=O) groups excluding carboxylic acids is 1. The van der Waals surface area contributed by atoms with Crippen LogP contribution in [-0.4, -0.2) is 35.3 Å². The van der Waals surface area contributed by atoms with Crippen molar-refractivity contribution in [2.45, 2.75) is 40.4 Å². The Hall–Kier alpha value is -3.56. The molecular formula is C18H21N7O3. The van der Waals surface area contributed by atoms with Crippen LogP contribution in [0.1, 0.15) is 31.1 Å². The Balaban J connectivity index is 1.91. The minimum absolute atomic E-state index is 0.244. The van der Waals surface area contributed by atoms with Crippen molar-refractivity contribution < 1.29 is 4.79 Å². The molecule has 0 atom stereocenters. The standard InChI is InChI=1S/C18H21N7O3/c1-4-24-15-14(17(27)25(5-2)18(24)28)23(11-20-15)10-12(3)21-22-16(26)13-6-8-19-9-7-13/h6-9,11H,4-5,10H2,1-3H3,(H,22,26)/b21-12+. The highest BCUT2D eigenvalue weighted by Crippen LogP contribution is 2.07. The lowest BCUT2D eigenvalue weighted by Crippen LogP contribution is -2.40. The minimum atomic E-state index is -0.390. The molecule has 3 rings (SSSR count). The molecule has 1 N–H and O–H groups in total. The predicted molar refractivity (Wildman–Crippen MR) is 104 cm³/mol. The van der Waals surface area contributed by atoms with Crippen LogP contribution in [0.3, 0.4) is 0 Å². The number of fused-ring (bicyclic) bond motifs is 1. The topological polar surface area (TPSA) is 116 Å². The summed E-state index contributed by atoms with van der Waals surface area (Å²) in [6.07, 6.45) is 4.55. The van der Waals surface area contributed by atoms with E-state index >= 15 is 0 Å². The van der Waals surface area contributed by atoms with Gasteiger partial charge in [0, 0.05) is 31.0 Å².